The third kappa shape index (κ3) is 1.49. The molecule has 2 heteroatoms. The molecule has 3 aliphatic rings. The highest BCUT2D eigenvalue weighted by Gasteiger charge is 2.53. The Labute approximate surface area is 115 Å². The highest BCUT2D eigenvalue weighted by molar-refractivity contribution is 5.54. The summed E-state index contributed by atoms with van der Waals surface area (Å²) in [5, 5.41) is 0. The second kappa shape index (κ2) is 3.28. The van der Waals surface area contributed by atoms with Gasteiger partial charge in [0.1, 0.15) is 22.7 Å². The van der Waals surface area contributed by atoms with Gasteiger partial charge in [0.2, 0.25) is 0 Å². The fourth-order valence-corrected chi connectivity index (χ4v) is 4.49. The Balaban J connectivity index is 1.97. The third-order valence-electron chi connectivity index (χ3n) is 5.36. The van der Waals surface area contributed by atoms with Crippen molar-refractivity contribution in [2.75, 3.05) is 0 Å². The van der Waals surface area contributed by atoms with Crippen molar-refractivity contribution in [1.29, 1.82) is 0 Å². The Morgan fingerprint density at radius 3 is 2.53 bits per heavy atom. The van der Waals surface area contributed by atoms with Crippen LogP contribution in [0.3, 0.4) is 0 Å². The summed E-state index contributed by atoms with van der Waals surface area (Å²) in [5.41, 5.74) is 2.55. The van der Waals surface area contributed by atoms with Crippen molar-refractivity contribution in [3.05, 3.63) is 23.3 Å². The zero-order valence-electron chi connectivity index (χ0n) is 12.2. The third-order valence-corrected chi connectivity index (χ3v) is 5.36. The molecule has 1 aliphatic carbocycles. The number of rotatable bonds is 0. The Morgan fingerprint density at radius 1 is 1.11 bits per heavy atom. The molecule has 19 heavy (non-hydrogen) atoms. The van der Waals surface area contributed by atoms with E-state index in [0.29, 0.717) is 11.8 Å². The van der Waals surface area contributed by atoms with Crippen LogP contribution in [0.25, 0.3) is 0 Å². The van der Waals surface area contributed by atoms with Crippen LogP contribution in [0, 0.1) is 12.8 Å². The first kappa shape index (κ1) is 11.6. The molecule has 0 amide bonds. The van der Waals surface area contributed by atoms with Gasteiger partial charge in [0.05, 0.1) is 0 Å². The maximum atomic E-state index is 6.33. The van der Waals surface area contributed by atoms with Crippen LogP contribution in [0.1, 0.15) is 57.1 Å². The summed E-state index contributed by atoms with van der Waals surface area (Å²) in [6.45, 7) is 8.90. The van der Waals surface area contributed by atoms with Gasteiger partial charge in [-0.25, -0.2) is 0 Å². The van der Waals surface area contributed by atoms with Crippen LogP contribution in [0.4, 0.5) is 0 Å². The molecule has 1 fully saturated rings. The van der Waals surface area contributed by atoms with Crippen LogP contribution in [-0.2, 0) is 0 Å². The molecule has 0 saturated heterocycles. The minimum absolute atomic E-state index is 0.0344. The molecule has 0 aromatic heterocycles. The lowest BCUT2D eigenvalue weighted by Crippen LogP contribution is -2.53. The number of aryl methyl sites for hydroxylation is 1. The van der Waals surface area contributed by atoms with Crippen LogP contribution in [-0.4, -0.2) is 11.2 Å². The van der Waals surface area contributed by atoms with E-state index in [4.69, 9.17) is 9.47 Å². The van der Waals surface area contributed by atoms with Gasteiger partial charge < -0.3 is 9.47 Å². The Morgan fingerprint density at radius 2 is 1.79 bits per heavy atom. The molecule has 2 nitrogen and oxygen atoms in total. The summed E-state index contributed by atoms with van der Waals surface area (Å²) in [6.07, 6.45) is 3.50. The molecule has 2 aliphatic heterocycles. The molecule has 1 aromatic rings. The molecule has 1 aromatic carbocycles. The topological polar surface area (TPSA) is 18.5 Å². The fourth-order valence-electron chi connectivity index (χ4n) is 4.49. The van der Waals surface area contributed by atoms with Crippen molar-refractivity contribution in [3.63, 3.8) is 0 Å². The molecular formula is C17H22O2. The standard InChI is InChI=1S/C17H22O2/c1-10-7-13-15-11-9-17(4,19-14(15)8-10)6-5-12(11)16(2,3)18-13/h7-8,11-12H,5-6,9H2,1-4H3/t11-,12+,17-/m0/s1. The fraction of sp³-hybridized carbons (Fsp3) is 0.647. The lowest BCUT2D eigenvalue weighted by molar-refractivity contribution is -0.0727. The molecule has 0 N–H and O–H groups in total. The predicted molar refractivity (Wildman–Crippen MR) is 75.0 cm³/mol. The average Bonchev–Trinajstić information content (AvgIpc) is 2.24. The molecular weight excluding hydrogens is 236 g/mol. The SMILES string of the molecule is Cc1cc2c3c(c1)O[C@@]1(C)CC[C@H]([C@@H]3C1)C(C)(C)O2. The summed E-state index contributed by atoms with van der Waals surface area (Å²) in [6, 6.07) is 4.37. The smallest absolute Gasteiger partial charge is 0.127 e. The van der Waals surface area contributed by atoms with Gasteiger partial charge in [-0.05, 0) is 64.7 Å². The number of ether oxygens (including phenoxy) is 2. The summed E-state index contributed by atoms with van der Waals surface area (Å²) in [7, 11) is 0. The predicted octanol–water partition coefficient (Wildman–Crippen LogP) is 4.20. The number of hydrogen-bond acceptors (Lipinski definition) is 2. The van der Waals surface area contributed by atoms with Crippen LogP contribution >= 0.6 is 0 Å². The van der Waals surface area contributed by atoms with Crippen molar-refractivity contribution < 1.29 is 9.47 Å². The first-order valence-corrected chi connectivity index (χ1v) is 7.41. The van der Waals surface area contributed by atoms with Crippen molar-refractivity contribution >= 4 is 0 Å². The van der Waals surface area contributed by atoms with E-state index >= 15 is 0 Å². The first-order chi connectivity index (χ1) is 8.88. The van der Waals surface area contributed by atoms with Gasteiger partial charge in [-0.2, -0.15) is 0 Å². The van der Waals surface area contributed by atoms with Gasteiger partial charge in [-0.1, -0.05) is 0 Å². The molecule has 102 valence electrons. The largest absolute Gasteiger partial charge is 0.487 e. The molecule has 0 unspecified atom stereocenters. The summed E-state index contributed by atoms with van der Waals surface area (Å²) >= 11 is 0. The van der Waals surface area contributed by atoms with E-state index < -0.39 is 0 Å². The zero-order chi connectivity index (χ0) is 13.4. The monoisotopic (exact) mass is 258 g/mol. The van der Waals surface area contributed by atoms with E-state index in [0.717, 1.165) is 24.3 Å². The normalized spacial score (nSPS) is 37.3. The highest BCUT2D eigenvalue weighted by atomic mass is 16.5. The number of benzene rings is 1. The molecule has 0 radical (unpaired) electrons. The Hall–Kier alpha value is -1.18. The van der Waals surface area contributed by atoms with Crippen molar-refractivity contribution in [2.24, 2.45) is 5.92 Å². The van der Waals surface area contributed by atoms with Crippen LogP contribution in [0.5, 0.6) is 11.5 Å². The zero-order valence-corrected chi connectivity index (χ0v) is 12.2. The molecule has 4 rings (SSSR count). The van der Waals surface area contributed by atoms with Gasteiger partial charge in [0, 0.05) is 17.4 Å². The average molecular weight is 258 g/mol. The van der Waals surface area contributed by atoms with Gasteiger partial charge in [-0.15, -0.1) is 0 Å². The molecule has 1 saturated carbocycles. The van der Waals surface area contributed by atoms with Crippen molar-refractivity contribution in [3.8, 4) is 11.5 Å². The lowest BCUT2D eigenvalue weighted by Gasteiger charge is -2.55. The van der Waals surface area contributed by atoms with Gasteiger partial charge in [0.15, 0.2) is 0 Å². The molecule has 2 heterocycles. The summed E-state index contributed by atoms with van der Waals surface area (Å²) < 4.78 is 12.7. The quantitative estimate of drug-likeness (QED) is 0.694. The van der Waals surface area contributed by atoms with Gasteiger partial charge in [-0.3, -0.25) is 0 Å². The van der Waals surface area contributed by atoms with Crippen LogP contribution in [0.2, 0.25) is 0 Å². The van der Waals surface area contributed by atoms with Crippen molar-refractivity contribution in [2.45, 2.75) is 64.1 Å². The molecule has 3 atom stereocenters. The van der Waals surface area contributed by atoms with Crippen LogP contribution in [0.15, 0.2) is 12.1 Å². The molecule has 0 spiro atoms. The van der Waals surface area contributed by atoms with E-state index in [1.807, 2.05) is 0 Å². The van der Waals surface area contributed by atoms with Crippen molar-refractivity contribution in [1.82, 2.24) is 0 Å². The highest BCUT2D eigenvalue weighted by Crippen LogP contribution is 2.60. The lowest BCUT2D eigenvalue weighted by atomic mass is 9.61. The van der Waals surface area contributed by atoms with Gasteiger partial charge in [0.25, 0.3) is 0 Å². The summed E-state index contributed by atoms with van der Waals surface area (Å²) in [5.74, 6) is 3.37. The number of hydrogen-bond donors (Lipinski definition) is 0. The Bertz CT molecular complexity index is 543. The Kier molecular flexibility index (Phi) is 2.01. The second-order valence-electron chi connectivity index (χ2n) is 7.39. The maximum absolute atomic E-state index is 6.33. The minimum atomic E-state index is -0.0542. The van der Waals surface area contributed by atoms with E-state index in [1.165, 1.54) is 17.5 Å². The van der Waals surface area contributed by atoms with Crippen LogP contribution < -0.4 is 9.47 Å². The maximum Gasteiger partial charge on any atom is 0.127 e. The molecule has 2 bridgehead atoms. The summed E-state index contributed by atoms with van der Waals surface area (Å²) in [4.78, 5) is 0. The van der Waals surface area contributed by atoms with E-state index in [9.17, 15) is 0 Å². The first-order valence-electron chi connectivity index (χ1n) is 7.41. The van der Waals surface area contributed by atoms with Gasteiger partial charge >= 0.3 is 0 Å². The minimum Gasteiger partial charge on any atom is -0.487 e. The number of fused-ring (bicyclic) bond motifs is 1. The van der Waals surface area contributed by atoms with E-state index in [2.05, 4.69) is 39.8 Å². The second-order valence-corrected chi connectivity index (χ2v) is 7.39. The van der Waals surface area contributed by atoms with E-state index in [1.54, 1.807) is 0 Å². The van der Waals surface area contributed by atoms with E-state index in [-0.39, 0.29) is 11.2 Å².